The van der Waals surface area contributed by atoms with Crippen LogP contribution in [-0.4, -0.2) is 59.4 Å². The van der Waals surface area contributed by atoms with Crippen molar-refractivity contribution in [1.29, 1.82) is 0 Å². The van der Waals surface area contributed by atoms with Gasteiger partial charge in [0.25, 0.3) is 5.91 Å². The maximum atomic E-state index is 13.3. The number of aliphatic hydroxyl groups is 1. The molecule has 0 spiro atoms. The highest BCUT2D eigenvalue weighted by Gasteiger charge is 2.49. The lowest BCUT2D eigenvalue weighted by Crippen LogP contribution is -2.54. The van der Waals surface area contributed by atoms with Crippen molar-refractivity contribution in [2.45, 2.75) is 57.1 Å². The minimum atomic E-state index is -1.64. The van der Waals surface area contributed by atoms with Gasteiger partial charge in [-0.15, -0.1) is 0 Å². The maximum Gasteiger partial charge on any atom is 0.343 e. The lowest BCUT2D eigenvalue weighted by atomic mass is 9.80. The molecule has 8 heteroatoms. The number of amides is 1. The fourth-order valence-corrected chi connectivity index (χ4v) is 5.43. The van der Waals surface area contributed by atoms with Crippen LogP contribution in [0.2, 0.25) is 0 Å². The number of rotatable bonds is 8. The van der Waals surface area contributed by atoms with E-state index in [0.29, 0.717) is 21.6 Å². The number of anilines is 1. The number of ether oxygens (including phenoxy) is 1. The first-order valence-corrected chi connectivity index (χ1v) is 11.8. The second kappa shape index (κ2) is 9.65. The van der Waals surface area contributed by atoms with Crippen LogP contribution >= 0.6 is 0 Å². The van der Waals surface area contributed by atoms with Crippen LogP contribution in [0.4, 0.5) is 5.82 Å². The van der Waals surface area contributed by atoms with Crippen LogP contribution in [0.1, 0.15) is 49.8 Å². The molecule has 1 aromatic carbocycles. The molecule has 2 N–H and O–H groups in total. The van der Waals surface area contributed by atoms with Gasteiger partial charge in [-0.25, -0.2) is 4.79 Å². The van der Waals surface area contributed by atoms with Crippen LogP contribution in [0.3, 0.4) is 0 Å². The molecule has 1 aliphatic heterocycles. The summed E-state index contributed by atoms with van der Waals surface area (Å²) in [6, 6.07) is 10.8. The van der Waals surface area contributed by atoms with Gasteiger partial charge in [0.1, 0.15) is 18.4 Å². The maximum absolute atomic E-state index is 13.3. The molecular weight excluding hydrogens is 422 g/mol. The van der Waals surface area contributed by atoms with Crippen molar-refractivity contribution in [3.8, 4) is 0 Å². The number of carbonyl (C=O) groups excluding carboxylic acids is 2. The second-order valence-electron chi connectivity index (χ2n) is 9.74. The van der Waals surface area contributed by atoms with Crippen LogP contribution in [-0.2, 0) is 19.9 Å². The number of nitrogens with one attached hydrogen (secondary N) is 1. The van der Waals surface area contributed by atoms with Gasteiger partial charge in [0.05, 0.1) is 13.6 Å². The first-order valence-electron chi connectivity index (χ1n) is 11.8. The van der Waals surface area contributed by atoms with E-state index >= 15 is 0 Å². The van der Waals surface area contributed by atoms with E-state index in [2.05, 4.69) is 10.5 Å². The quantitative estimate of drug-likeness (QED) is 0.467. The molecule has 1 amide bonds. The van der Waals surface area contributed by atoms with Crippen LogP contribution in [0.5, 0.6) is 0 Å². The third kappa shape index (κ3) is 4.96. The third-order valence-electron chi connectivity index (χ3n) is 7.37. The molecule has 33 heavy (non-hydrogen) atoms. The van der Waals surface area contributed by atoms with Crippen LogP contribution < -0.4 is 5.32 Å². The summed E-state index contributed by atoms with van der Waals surface area (Å²) in [6.07, 6.45) is 5.42. The predicted molar refractivity (Wildman–Crippen MR) is 122 cm³/mol. The van der Waals surface area contributed by atoms with Crippen molar-refractivity contribution in [2.75, 3.05) is 32.1 Å². The van der Waals surface area contributed by atoms with Gasteiger partial charge in [0.2, 0.25) is 0 Å². The topological polar surface area (TPSA) is 102 Å². The van der Waals surface area contributed by atoms with Crippen LogP contribution in [0, 0.1) is 12.8 Å². The normalized spacial score (nSPS) is 25.0. The summed E-state index contributed by atoms with van der Waals surface area (Å²) < 4.78 is 11.3. The average molecular weight is 457 g/mol. The van der Waals surface area contributed by atoms with Gasteiger partial charge in [-0.05, 0) is 25.3 Å². The highest BCUT2D eigenvalue weighted by Crippen LogP contribution is 2.41. The Kier molecular flexibility index (Phi) is 6.86. The van der Waals surface area contributed by atoms with E-state index in [1.807, 2.05) is 25.2 Å². The summed E-state index contributed by atoms with van der Waals surface area (Å²) in [6.45, 7) is 3.01. The number of likely N-dealkylation sites (tertiary alicyclic amines) is 1. The first kappa shape index (κ1) is 23.4. The molecule has 2 fully saturated rings. The second-order valence-corrected chi connectivity index (χ2v) is 9.74. The van der Waals surface area contributed by atoms with E-state index in [1.54, 1.807) is 25.1 Å². The van der Waals surface area contributed by atoms with Gasteiger partial charge in [-0.3, -0.25) is 4.79 Å². The summed E-state index contributed by atoms with van der Waals surface area (Å²) in [5.74, 6) is 0.145. The number of likely N-dealkylation sites (N-methyl/N-ethyl adjacent to an activating group) is 1. The molecule has 4 rings (SSSR count). The summed E-state index contributed by atoms with van der Waals surface area (Å²) in [4.78, 5) is 25.9. The smallest absolute Gasteiger partial charge is 0.343 e. The molecule has 0 bridgehead atoms. The molecule has 1 aliphatic carbocycles. The fourth-order valence-electron chi connectivity index (χ4n) is 5.43. The highest BCUT2D eigenvalue weighted by molar-refractivity contribution is 5.90. The first-order chi connectivity index (χ1) is 15.8. The molecule has 2 heterocycles. The van der Waals surface area contributed by atoms with Crippen LogP contribution in [0.25, 0.3) is 0 Å². The van der Waals surface area contributed by atoms with Crippen molar-refractivity contribution in [3.05, 3.63) is 47.7 Å². The molecule has 3 unspecified atom stereocenters. The van der Waals surface area contributed by atoms with Crippen molar-refractivity contribution in [3.63, 3.8) is 0 Å². The Morgan fingerprint density at radius 2 is 1.94 bits per heavy atom. The molecule has 2 aromatic rings. The molecule has 1 saturated carbocycles. The molecular formula is C25H34N3O5+. The summed E-state index contributed by atoms with van der Waals surface area (Å²) >= 11 is 0. The van der Waals surface area contributed by atoms with Gasteiger partial charge in [-0.1, -0.05) is 48.3 Å². The Morgan fingerprint density at radius 1 is 1.21 bits per heavy atom. The third-order valence-corrected chi connectivity index (χ3v) is 7.37. The van der Waals surface area contributed by atoms with E-state index < -0.39 is 11.6 Å². The monoisotopic (exact) mass is 456 g/mol. The number of benzene rings is 1. The molecule has 178 valence electrons. The largest absolute Gasteiger partial charge is 0.457 e. The minimum absolute atomic E-state index is 0.0117. The van der Waals surface area contributed by atoms with Crippen molar-refractivity contribution in [2.24, 2.45) is 5.92 Å². The number of carbonyl (C=O) groups is 2. The number of nitrogens with zero attached hydrogens (tertiary/aromatic N) is 2. The van der Waals surface area contributed by atoms with E-state index in [0.717, 1.165) is 45.1 Å². The number of aromatic nitrogens is 1. The Bertz CT molecular complexity index is 971. The Balaban J connectivity index is 1.42. The zero-order chi connectivity index (χ0) is 23.5. The highest BCUT2D eigenvalue weighted by atomic mass is 16.6. The summed E-state index contributed by atoms with van der Waals surface area (Å²) in [5.41, 5.74) is -1.05. The van der Waals surface area contributed by atoms with Gasteiger partial charge in [-0.2, -0.15) is 0 Å². The standard InChI is InChI=1S/C25H33N3O5/c1-18-15-22(27-33-18)26-23(29)16-28(2)14-8-13-21(28)17-32-24(30)25(31,20-11-6-7-12-20)19-9-4-3-5-10-19/h3-5,9-10,15,20-21,31H,6-8,11-14,16-17H2,1-2H3/p+1. The zero-order valence-corrected chi connectivity index (χ0v) is 19.5. The number of hydrogen-bond donors (Lipinski definition) is 2. The molecule has 8 nitrogen and oxygen atoms in total. The molecule has 1 saturated heterocycles. The van der Waals surface area contributed by atoms with Gasteiger partial charge < -0.3 is 24.2 Å². The summed E-state index contributed by atoms with van der Waals surface area (Å²) in [5, 5.41) is 18.2. The molecule has 3 atom stereocenters. The van der Waals surface area contributed by atoms with Crippen molar-refractivity contribution < 1.29 is 28.4 Å². The Morgan fingerprint density at radius 3 is 2.61 bits per heavy atom. The van der Waals surface area contributed by atoms with E-state index in [-0.39, 0.29) is 31.0 Å². The number of aryl methyl sites for hydroxylation is 1. The van der Waals surface area contributed by atoms with Crippen LogP contribution in [0.15, 0.2) is 40.9 Å². The number of hydrogen-bond acceptors (Lipinski definition) is 6. The lowest BCUT2D eigenvalue weighted by Gasteiger charge is -2.36. The van der Waals surface area contributed by atoms with Gasteiger partial charge >= 0.3 is 5.97 Å². The number of esters is 1. The SMILES string of the molecule is Cc1cc(NC(=O)C[N+]2(C)CCCC2COC(=O)C(O)(c2ccccc2)C2CCCC2)no1. The lowest BCUT2D eigenvalue weighted by molar-refractivity contribution is -0.913. The number of quaternary nitrogens is 1. The fraction of sp³-hybridized carbons (Fsp3) is 0.560. The van der Waals surface area contributed by atoms with Gasteiger partial charge in [0, 0.05) is 24.8 Å². The predicted octanol–water partition coefficient (Wildman–Crippen LogP) is 3.15. The van der Waals surface area contributed by atoms with Crippen molar-refractivity contribution >= 4 is 17.7 Å². The van der Waals surface area contributed by atoms with E-state index in [9.17, 15) is 14.7 Å². The molecule has 2 aliphatic rings. The average Bonchev–Trinajstić information content (AvgIpc) is 3.54. The van der Waals surface area contributed by atoms with E-state index in [1.165, 1.54) is 0 Å². The van der Waals surface area contributed by atoms with Gasteiger partial charge in [0.15, 0.2) is 18.0 Å². The molecule has 0 radical (unpaired) electrons. The minimum Gasteiger partial charge on any atom is -0.457 e. The Hall–Kier alpha value is -2.71. The Labute approximate surface area is 194 Å². The zero-order valence-electron chi connectivity index (χ0n) is 19.5. The molecule has 1 aromatic heterocycles. The summed E-state index contributed by atoms with van der Waals surface area (Å²) in [7, 11) is 2.01. The van der Waals surface area contributed by atoms with E-state index in [4.69, 9.17) is 9.26 Å². The van der Waals surface area contributed by atoms with Crippen molar-refractivity contribution in [1.82, 2.24) is 5.16 Å².